The van der Waals surface area contributed by atoms with Crippen molar-refractivity contribution in [3.05, 3.63) is 83.9 Å². The highest BCUT2D eigenvalue weighted by Crippen LogP contribution is 2.53. The Morgan fingerprint density at radius 2 is 1.43 bits per heavy atom. The molecule has 0 saturated heterocycles. The fourth-order valence-electron chi connectivity index (χ4n) is 4.10. The van der Waals surface area contributed by atoms with Crippen LogP contribution in [0.15, 0.2) is 72.8 Å². The van der Waals surface area contributed by atoms with E-state index in [-0.39, 0.29) is 5.92 Å². The molecule has 0 heterocycles. The number of carbonyl (C=O) groups excluding carboxylic acids is 1. The van der Waals surface area contributed by atoms with E-state index in [1.54, 1.807) is 0 Å². The van der Waals surface area contributed by atoms with Gasteiger partial charge in [-0.3, -0.25) is 4.79 Å². The first kappa shape index (κ1) is 12.6. The molecule has 4 unspecified atom stereocenters. The van der Waals surface area contributed by atoms with Gasteiger partial charge in [-0.15, -0.1) is 0 Å². The minimum absolute atomic E-state index is 0.102. The SMILES string of the molecule is O=C(c1ccccc1)C1C2C=CC(C2)C1c1ccccc1. The van der Waals surface area contributed by atoms with Crippen molar-refractivity contribution in [2.75, 3.05) is 0 Å². The molecule has 0 amide bonds. The molecule has 2 bridgehead atoms. The van der Waals surface area contributed by atoms with Crippen LogP contribution in [-0.4, -0.2) is 5.78 Å². The smallest absolute Gasteiger partial charge is 0.167 e. The highest BCUT2D eigenvalue weighted by atomic mass is 16.1. The minimum atomic E-state index is 0.102. The Kier molecular flexibility index (Phi) is 2.99. The third-order valence-corrected chi connectivity index (χ3v) is 5.00. The van der Waals surface area contributed by atoms with Crippen LogP contribution in [0.3, 0.4) is 0 Å². The van der Waals surface area contributed by atoms with Gasteiger partial charge in [-0.2, -0.15) is 0 Å². The van der Waals surface area contributed by atoms with Crippen molar-refractivity contribution in [1.82, 2.24) is 0 Å². The second kappa shape index (κ2) is 5.00. The zero-order chi connectivity index (χ0) is 14.2. The molecule has 0 aromatic heterocycles. The molecular formula is C20H18O. The van der Waals surface area contributed by atoms with Crippen LogP contribution in [0.4, 0.5) is 0 Å². The number of carbonyl (C=O) groups is 1. The van der Waals surface area contributed by atoms with Crippen LogP contribution in [0.2, 0.25) is 0 Å². The molecule has 1 saturated carbocycles. The van der Waals surface area contributed by atoms with E-state index in [9.17, 15) is 4.79 Å². The lowest BCUT2D eigenvalue weighted by molar-refractivity contribution is 0.0887. The summed E-state index contributed by atoms with van der Waals surface area (Å²) in [5.74, 6) is 1.68. The van der Waals surface area contributed by atoms with Gasteiger partial charge < -0.3 is 0 Å². The molecule has 2 aliphatic rings. The Morgan fingerprint density at radius 1 is 0.810 bits per heavy atom. The molecule has 2 aromatic rings. The topological polar surface area (TPSA) is 17.1 Å². The molecule has 1 fully saturated rings. The number of ketones is 1. The number of fused-ring (bicyclic) bond motifs is 2. The van der Waals surface area contributed by atoms with Crippen molar-refractivity contribution >= 4 is 5.78 Å². The van der Waals surface area contributed by atoms with E-state index in [1.165, 1.54) is 5.56 Å². The highest BCUT2D eigenvalue weighted by Gasteiger charge is 2.48. The molecular weight excluding hydrogens is 256 g/mol. The number of hydrogen-bond donors (Lipinski definition) is 0. The van der Waals surface area contributed by atoms with Crippen LogP contribution in [0.1, 0.15) is 28.3 Å². The monoisotopic (exact) mass is 274 g/mol. The summed E-state index contributed by atoms with van der Waals surface area (Å²) in [6.45, 7) is 0. The Morgan fingerprint density at radius 3 is 2.14 bits per heavy atom. The Hall–Kier alpha value is -2.15. The van der Waals surface area contributed by atoms with Crippen molar-refractivity contribution in [3.63, 3.8) is 0 Å². The van der Waals surface area contributed by atoms with Crippen LogP contribution < -0.4 is 0 Å². The van der Waals surface area contributed by atoms with Gasteiger partial charge in [-0.1, -0.05) is 72.8 Å². The van der Waals surface area contributed by atoms with Gasteiger partial charge in [0.05, 0.1) is 0 Å². The average Bonchev–Trinajstić information content (AvgIpc) is 3.17. The number of allylic oxidation sites excluding steroid dienone is 2. The summed E-state index contributed by atoms with van der Waals surface area (Å²) in [4.78, 5) is 13.0. The summed E-state index contributed by atoms with van der Waals surface area (Å²) in [7, 11) is 0. The van der Waals surface area contributed by atoms with Crippen LogP contribution in [0.5, 0.6) is 0 Å². The molecule has 0 aliphatic heterocycles. The molecule has 1 heteroatoms. The third-order valence-electron chi connectivity index (χ3n) is 5.00. The summed E-state index contributed by atoms with van der Waals surface area (Å²) in [6, 6.07) is 20.3. The van der Waals surface area contributed by atoms with Crippen molar-refractivity contribution in [2.45, 2.75) is 12.3 Å². The Labute approximate surface area is 125 Å². The number of hydrogen-bond acceptors (Lipinski definition) is 1. The molecule has 0 spiro atoms. The first-order valence-electron chi connectivity index (χ1n) is 7.67. The van der Waals surface area contributed by atoms with Crippen molar-refractivity contribution in [3.8, 4) is 0 Å². The molecule has 4 rings (SSSR count). The van der Waals surface area contributed by atoms with Gasteiger partial charge in [0.1, 0.15) is 0 Å². The number of Topliss-reactive ketones (excluding diaryl/α,β-unsaturated/α-hetero) is 1. The Balaban J connectivity index is 1.73. The largest absolute Gasteiger partial charge is 0.294 e. The van der Waals surface area contributed by atoms with Crippen molar-refractivity contribution in [2.24, 2.45) is 17.8 Å². The quantitative estimate of drug-likeness (QED) is 0.596. The highest BCUT2D eigenvalue weighted by molar-refractivity contribution is 5.99. The van der Waals surface area contributed by atoms with Gasteiger partial charge in [0.2, 0.25) is 0 Å². The first-order valence-corrected chi connectivity index (χ1v) is 7.67. The van der Waals surface area contributed by atoms with Crippen LogP contribution >= 0.6 is 0 Å². The van der Waals surface area contributed by atoms with Crippen LogP contribution in [-0.2, 0) is 0 Å². The molecule has 4 atom stereocenters. The molecule has 2 aromatic carbocycles. The van der Waals surface area contributed by atoms with Gasteiger partial charge in [0, 0.05) is 17.4 Å². The lowest BCUT2D eigenvalue weighted by Crippen LogP contribution is -2.26. The third kappa shape index (κ3) is 2.04. The van der Waals surface area contributed by atoms with E-state index in [0.717, 1.165) is 12.0 Å². The van der Waals surface area contributed by atoms with Gasteiger partial charge in [0.25, 0.3) is 0 Å². The van der Waals surface area contributed by atoms with Crippen molar-refractivity contribution < 1.29 is 4.79 Å². The molecule has 1 nitrogen and oxygen atoms in total. The second-order valence-corrected chi connectivity index (χ2v) is 6.14. The molecule has 104 valence electrons. The van der Waals surface area contributed by atoms with E-state index in [0.29, 0.717) is 23.5 Å². The van der Waals surface area contributed by atoms with Gasteiger partial charge >= 0.3 is 0 Å². The first-order chi connectivity index (χ1) is 10.3. The number of benzene rings is 2. The second-order valence-electron chi connectivity index (χ2n) is 6.14. The van der Waals surface area contributed by atoms with Crippen molar-refractivity contribution in [1.29, 1.82) is 0 Å². The average molecular weight is 274 g/mol. The zero-order valence-corrected chi connectivity index (χ0v) is 11.9. The van der Waals surface area contributed by atoms with Gasteiger partial charge in [-0.05, 0) is 23.8 Å². The Bertz CT molecular complexity index is 671. The minimum Gasteiger partial charge on any atom is -0.294 e. The van der Waals surface area contributed by atoms with E-state index in [2.05, 4.69) is 36.4 Å². The van der Waals surface area contributed by atoms with Gasteiger partial charge in [-0.25, -0.2) is 0 Å². The summed E-state index contributed by atoms with van der Waals surface area (Å²) >= 11 is 0. The predicted octanol–water partition coefficient (Wildman–Crippen LogP) is 4.48. The van der Waals surface area contributed by atoms with E-state index < -0.39 is 0 Å². The molecule has 21 heavy (non-hydrogen) atoms. The summed E-state index contributed by atoms with van der Waals surface area (Å²) in [5.41, 5.74) is 2.16. The van der Waals surface area contributed by atoms with E-state index >= 15 is 0 Å². The zero-order valence-electron chi connectivity index (χ0n) is 11.9. The maximum atomic E-state index is 13.0. The lowest BCUT2D eigenvalue weighted by Gasteiger charge is -2.27. The maximum Gasteiger partial charge on any atom is 0.167 e. The summed E-state index contributed by atoms with van der Waals surface area (Å²) in [5, 5.41) is 0. The maximum absolute atomic E-state index is 13.0. The van der Waals surface area contributed by atoms with Gasteiger partial charge in [0.15, 0.2) is 5.78 Å². The van der Waals surface area contributed by atoms with E-state index in [4.69, 9.17) is 0 Å². The molecule has 0 N–H and O–H groups in total. The van der Waals surface area contributed by atoms with Crippen LogP contribution in [0, 0.1) is 17.8 Å². The summed E-state index contributed by atoms with van der Waals surface area (Å²) < 4.78 is 0. The normalized spacial score (nSPS) is 29.7. The predicted molar refractivity (Wildman–Crippen MR) is 84.2 cm³/mol. The van der Waals surface area contributed by atoms with E-state index in [1.807, 2.05) is 36.4 Å². The fraction of sp³-hybridized carbons (Fsp3) is 0.250. The fourth-order valence-corrected chi connectivity index (χ4v) is 4.10. The standard InChI is InChI=1S/C20H18O/c21-20(15-9-5-2-6-10-15)19-17-12-11-16(13-17)18(19)14-7-3-1-4-8-14/h1-12,16-19H,13H2. The molecule has 0 radical (unpaired) electrons. The summed E-state index contributed by atoms with van der Waals surface area (Å²) in [6.07, 6.45) is 5.70. The lowest BCUT2D eigenvalue weighted by atomic mass is 9.75. The van der Waals surface area contributed by atoms with Crippen LogP contribution in [0.25, 0.3) is 0 Å². The molecule has 2 aliphatic carbocycles. The number of rotatable bonds is 3.